The fourth-order valence-corrected chi connectivity index (χ4v) is 2.60. The zero-order chi connectivity index (χ0) is 16.2. The summed E-state index contributed by atoms with van der Waals surface area (Å²) in [7, 11) is 0. The Kier molecular flexibility index (Phi) is 5.65. The van der Waals surface area contributed by atoms with Gasteiger partial charge in [0.25, 0.3) is 0 Å². The van der Waals surface area contributed by atoms with E-state index in [-0.39, 0.29) is 0 Å². The van der Waals surface area contributed by atoms with Crippen LogP contribution in [-0.4, -0.2) is 33.3 Å². The lowest BCUT2D eigenvalue weighted by molar-refractivity contribution is -0.141. The average molecular weight is 314 g/mol. The van der Waals surface area contributed by atoms with E-state index in [1.807, 2.05) is 0 Å². The van der Waals surface area contributed by atoms with Crippen LogP contribution < -0.4 is 10.6 Å². The Bertz CT molecular complexity index is 508. The standard InChI is InChI=1S/C13H22N4O3S/c1-7(2)6-8-16-17-12(21-8)15-11(20)14-9(10(18)19)13(3,4)5/h7,9H,6H2,1-5H3,(H,18,19)(H2,14,15,17,20)/t9-/m0/s1. The lowest BCUT2D eigenvalue weighted by atomic mass is 9.87. The molecule has 0 aliphatic carbocycles. The van der Waals surface area contributed by atoms with Crippen molar-refractivity contribution in [2.24, 2.45) is 11.3 Å². The van der Waals surface area contributed by atoms with Gasteiger partial charge in [-0.25, -0.2) is 9.59 Å². The molecular weight excluding hydrogens is 292 g/mol. The van der Waals surface area contributed by atoms with Crippen LogP contribution in [0.5, 0.6) is 0 Å². The smallest absolute Gasteiger partial charge is 0.326 e. The Labute approximate surface area is 128 Å². The number of hydrogen-bond donors (Lipinski definition) is 3. The van der Waals surface area contributed by atoms with E-state index in [0.29, 0.717) is 11.0 Å². The third kappa shape index (κ3) is 5.66. The Morgan fingerprint density at radius 3 is 2.38 bits per heavy atom. The molecule has 0 unspecified atom stereocenters. The molecule has 118 valence electrons. The molecule has 0 fully saturated rings. The number of rotatable bonds is 5. The molecule has 0 spiro atoms. The summed E-state index contributed by atoms with van der Waals surface area (Å²) < 4.78 is 0. The zero-order valence-electron chi connectivity index (χ0n) is 12.9. The van der Waals surface area contributed by atoms with Gasteiger partial charge >= 0.3 is 12.0 Å². The number of carboxylic acid groups (broad SMARTS) is 1. The number of aromatic nitrogens is 2. The van der Waals surface area contributed by atoms with Gasteiger partial charge in [0.2, 0.25) is 5.13 Å². The third-order valence-electron chi connectivity index (χ3n) is 2.66. The van der Waals surface area contributed by atoms with E-state index in [1.165, 1.54) is 11.3 Å². The van der Waals surface area contributed by atoms with Crippen molar-refractivity contribution in [3.05, 3.63) is 5.01 Å². The first-order chi connectivity index (χ1) is 9.59. The number of urea groups is 1. The summed E-state index contributed by atoms with van der Waals surface area (Å²) in [5, 5.41) is 23.2. The van der Waals surface area contributed by atoms with Gasteiger partial charge in [0.05, 0.1) is 0 Å². The Hall–Kier alpha value is -1.70. The van der Waals surface area contributed by atoms with Crippen LogP contribution in [0.4, 0.5) is 9.93 Å². The monoisotopic (exact) mass is 314 g/mol. The number of aliphatic carboxylic acids is 1. The number of anilines is 1. The second-order valence-electron chi connectivity index (χ2n) is 6.33. The summed E-state index contributed by atoms with van der Waals surface area (Å²) in [5.41, 5.74) is -0.590. The predicted octanol–water partition coefficient (Wildman–Crippen LogP) is 2.36. The summed E-state index contributed by atoms with van der Waals surface area (Å²) in [4.78, 5) is 23.1. The minimum absolute atomic E-state index is 0.362. The highest BCUT2D eigenvalue weighted by molar-refractivity contribution is 7.15. The number of nitrogens with one attached hydrogen (secondary N) is 2. The van der Waals surface area contributed by atoms with Crippen molar-refractivity contribution in [2.75, 3.05) is 5.32 Å². The van der Waals surface area contributed by atoms with Crippen molar-refractivity contribution in [1.82, 2.24) is 15.5 Å². The number of carbonyl (C=O) groups is 2. The molecule has 0 aliphatic rings. The lowest BCUT2D eigenvalue weighted by Gasteiger charge is -2.27. The van der Waals surface area contributed by atoms with Crippen molar-refractivity contribution in [3.8, 4) is 0 Å². The summed E-state index contributed by atoms with van der Waals surface area (Å²) in [6, 6.07) is -1.58. The Morgan fingerprint density at radius 2 is 1.90 bits per heavy atom. The van der Waals surface area contributed by atoms with Crippen molar-refractivity contribution >= 4 is 28.5 Å². The van der Waals surface area contributed by atoms with E-state index >= 15 is 0 Å². The van der Waals surface area contributed by atoms with Gasteiger partial charge < -0.3 is 10.4 Å². The second-order valence-corrected chi connectivity index (χ2v) is 7.40. The van der Waals surface area contributed by atoms with E-state index in [0.717, 1.165) is 11.4 Å². The lowest BCUT2D eigenvalue weighted by Crippen LogP contribution is -2.50. The molecule has 0 saturated carbocycles. The van der Waals surface area contributed by atoms with Crippen molar-refractivity contribution in [2.45, 2.75) is 47.1 Å². The van der Waals surface area contributed by atoms with Gasteiger partial charge in [0, 0.05) is 6.42 Å². The first-order valence-electron chi connectivity index (χ1n) is 6.72. The van der Waals surface area contributed by atoms with Crippen molar-refractivity contribution in [3.63, 3.8) is 0 Å². The van der Waals surface area contributed by atoms with Crippen molar-refractivity contribution in [1.29, 1.82) is 0 Å². The van der Waals surface area contributed by atoms with Gasteiger partial charge in [-0.3, -0.25) is 5.32 Å². The normalized spacial score (nSPS) is 13.0. The third-order valence-corrected chi connectivity index (χ3v) is 3.52. The number of carbonyl (C=O) groups excluding carboxylic acids is 1. The quantitative estimate of drug-likeness (QED) is 0.774. The fraction of sp³-hybridized carbons (Fsp3) is 0.692. The molecule has 1 rings (SSSR count). The molecule has 0 aromatic carbocycles. The highest BCUT2D eigenvalue weighted by Crippen LogP contribution is 2.21. The van der Waals surface area contributed by atoms with Gasteiger partial charge in [-0.1, -0.05) is 46.0 Å². The molecule has 21 heavy (non-hydrogen) atoms. The van der Waals surface area contributed by atoms with Gasteiger partial charge in [-0.2, -0.15) is 0 Å². The maximum Gasteiger partial charge on any atom is 0.326 e. The number of nitrogens with zero attached hydrogens (tertiary/aromatic N) is 2. The highest BCUT2D eigenvalue weighted by atomic mass is 32.1. The van der Waals surface area contributed by atoms with E-state index in [1.54, 1.807) is 20.8 Å². The van der Waals surface area contributed by atoms with E-state index in [2.05, 4.69) is 34.7 Å². The maximum atomic E-state index is 11.9. The molecule has 1 aromatic rings. The SMILES string of the molecule is CC(C)Cc1nnc(NC(=O)N[C@@H](C(=O)O)C(C)(C)C)s1. The summed E-state index contributed by atoms with van der Waals surface area (Å²) in [6.45, 7) is 9.39. The summed E-state index contributed by atoms with van der Waals surface area (Å²) in [6.07, 6.45) is 0.792. The van der Waals surface area contributed by atoms with E-state index in [9.17, 15) is 9.59 Å². The second kappa shape index (κ2) is 6.84. The van der Waals surface area contributed by atoms with Crippen LogP contribution >= 0.6 is 11.3 Å². The van der Waals surface area contributed by atoms with Gasteiger partial charge in [0.15, 0.2) is 0 Å². The molecule has 0 saturated heterocycles. The van der Waals surface area contributed by atoms with Crippen LogP contribution in [0.1, 0.15) is 39.6 Å². The van der Waals surface area contributed by atoms with Crippen LogP contribution in [0.3, 0.4) is 0 Å². The van der Waals surface area contributed by atoms with Crippen LogP contribution in [0.25, 0.3) is 0 Å². The molecule has 3 N–H and O–H groups in total. The van der Waals surface area contributed by atoms with Crippen LogP contribution in [0.2, 0.25) is 0 Å². The van der Waals surface area contributed by atoms with E-state index in [4.69, 9.17) is 5.11 Å². The van der Waals surface area contributed by atoms with Gasteiger partial charge in [0.1, 0.15) is 11.0 Å². The van der Waals surface area contributed by atoms with Gasteiger partial charge in [-0.15, -0.1) is 10.2 Å². The molecular formula is C13H22N4O3S. The molecule has 7 nitrogen and oxygen atoms in total. The number of carboxylic acids is 1. The molecule has 0 aliphatic heterocycles. The topological polar surface area (TPSA) is 104 Å². The number of hydrogen-bond acceptors (Lipinski definition) is 5. The minimum Gasteiger partial charge on any atom is -0.480 e. The molecule has 0 bridgehead atoms. The first kappa shape index (κ1) is 17.4. The highest BCUT2D eigenvalue weighted by Gasteiger charge is 2.32. The van der Waals surface area contributed by atoms with Crippen molar-refractivity contribution < 1.29 is 14.7 Å². The van der Waals surface area contributed by atoms with Gasteiger partial charge in [-0.05, 0) is 11.3 Å². The first-order valence-corrected chi connectivity index (χ1v) is 7.54. The molecule has 1 heterocycles. The van der Waals surface area contributed by atoms with Crippen LogP contribution in [0, 0.1) is 11.3 Å². The minimum atomic E-state index is -1.07. The molecule has 0 radical (unpaired) electrons. The molecule has 2 amide bonds. The average Bonchev–Trinajstić information content (AvgIpc) is 2.70. The Morgan fingerprint density at radius 1 is 1.29 bits per heavy atom. The predicted molar refractivity (Wildman–Crippen MR) is 81.5 cm³/mol. The largest absolute Gasteiger partial charge is 0.480 e. The van der Waals surface area contributed by atoms with E-state index < -0.39 is 23.5 Å². The fourth-order valence-electron chi connectivity index (χ4n) is 1.65. The summed E-state index contributed by atoms with van der Waals surface area (Å²) >= 11 is 1.29. The van der Waals surface area contributed by atoms with Crippen LogP contribution in [0.15, 0.2) is 0 Å². The Balaban J connectivity index is 2.64. The number of amides is 2. The molecule has 1 aromatic heterocycles. The molecule has 8 heteroatoms. The zero-order valence-corrected chi connectivity index (χ0v) is 13.7. The van der Waals surface area contributed by atoms with Crippen LogP contribution in [-0.2, 0) is 11.2 Å². The molecule has 1 atom stereocenters. The maximum absolute atomic E-state index is 11.9. The summed E-state index contributed by atoms with van der Waals surface area (Å²) in [5.74, 6) is -0.618.